The molecular weight excluding hydrogens is 385 g/mol. The van der Waals surface area contributed by atoms with E-state index in [4.69, 9.17) is 17.3 Å². The lowest BCUT2D eigenvalue weighted by Crippen LogP contribution is -2.51. The van der Waals surface area contributed by atoms with E-state index >= 15 is 0 Å². The average Bonchev–Trinajstić information content (AvgIpc) is 2.48. The number of hydrogen-bond donors (Lipinski definition) is 1. The minimum atomic E-state index is -3.80. The lowest BCUT2D eigenvalue weighted by atomic mass is 9.93. The predicted molar refractivity (Wildman–Crippen MR) is 90.5 cm³/mol. The minimum absolute atomic E-state index is 0. The largest absolute Gasteiger partial charge is 0.433 e. The summed E-state index contributed by atoms with van der Waals surface area (Å²) in [4.78, 5) is -0.0586. The molecule has 0 radical (unpaired) electrons. The molecule has 2 atom stereocenters. The highest BCUT2D eigenvalue weighted by molar-refractivity contribution is 7.89. The highest BCUT2D eigenvalue weighted by atomic mass is 35.5. The third-order valence-corrected chi connectivity index (χ3v) is 6.25. The Balaban J connectivity index is 0.00000288. The molecule has 10 heteroatoms. The van der Waals surface area contributed by atoms with Gasteiger partial charge in [0.2, 0.25) is 10.0 Å². The van der Waals surface area contributed by atoms with Crippen molar-refractivity contribution in [1.29, 1.82) is 0 Å². The fraction of sp³-hybridized carbons (Fsp3) is 0.571. The van der Waals surface area contributed by atoms with Crippen LogP contribution in [0.4, 0.5) is 8.78 Å². The van der Waals surface area contributed by atoms with Crippen molar-refractivity contribution in [3.8, 4) is 5.75 Å². The van der Waals surface area contributed by atoms with Gasteiger partial charge in [-0.05, 0) is 37.0 Å². The van der Waals surface area contributed by atoms with Gasteiger partial charge in [-0.15, -0.1) is 12.4 Å². The highest BCUT2D eigenvalue weighted by Crippen LogP contribution is 2.33. The first-order valence-corrected chi connectivity index (χ1v) is 9.05. The van der Waals surface area contributed by atoms with Gasteiger partial charge in [-0.1, -0.05) is 18.5 Å². The Morgan fingerprint density at radius 3 is 2.67 bits per heavy atom. The van der Waals surface area contributed by atoms with Crippen molar-refractivity contribution in [2.24, 2.45) is 11.7 Å². The molecule has 1 heterocycles. The van der Waals surface area contributed by atoms with Crippen molar-refractivity contribution in [1.82, 2.24) is 4.31 Å². The standard InChI is InChI=1S/C14H19ClF2N2O3S.ClH/c1-9-3-2-6-19(12(9)8-18)23(20,21)10-4-5-13(11(15)7-10)22-14(16)17;/h4-5,7,9,12,14H,2-3,6,8,18H2,1H3;1H. The van der Waals surface area contributed by atoms with Gasteiger partial charge in [-0.3, -0.25) is 0 Å². The van der Waals surface area contributed by atoms with E-state index in [1.807, 2.05) is 6.92 Å². The summed E-state index contributed by atoms with van der Waals surface area (Å²) >= 11 is 5.85. The van der Waals surface area contributed by atoms with Crippen molar-refractivity contribution in [2.75, 3.05) is 13.1 Å². The maximum atomic E-state index is 12.8. The van der Waals surface area contributed by atoms with Crippen LogP contribution < -0.4 is 10.5 Å². The van der Waals surface area contributed by atoms with Gasteiger partial charge in [0.15, 0.2) is 0 Å². The van der Waals surface area contributed by atoms with Crippen molar-refractivity contribution >= 4 is 34.0 Å². The van der Waals surface area contributed by atoms with Gasteiger partial charge >= 0.3 is 6.61 Å². The van der Waals surface area contributed by atoms with Crippen molar-refractivity contribution in [3.05, 3.63) is 23.2 Å². The number of hydrogen-bond acceptors (Lipinski definition) is 4. The number of alkyl halides is 2. The zero-order chi connectivity index (χ0) is 17.2. The Kier molecular flexibility index (Phi) is 7.68. The van der Waals surface area contributed by atoms with Gasteiger partial charge < -0.3 is 10.5 Å². The van der Waals surface area contributed by atoms with Crippen LogP contribution in [0.15, 0.2) is 23.1 Å². The van der Waals surface area contributed by atoms with Crippen LogP contribution in [0.5, 0.6) is 5.75 Å². The summed E-state index contributed by atoms with van der Waals surface area (Å²) in [6.07, 6.45) is 1.66. The van der Waals surface area contributed by atoms with Crippen LogP contribution in [0.2, 0.25) is 5.02 Å². The second-order valence-corrected chi connectivity index (χ2v) is 7.81. The zero-order valence-electron chi connectivity index (χ0n) is 13.0. The van der Waals surface area contributed by atoms with Crippen molar-refractivity contribution in [2.45, 2.75) is 37.3 Å². The summed E-state index contributed by atoms with van der Waals surface area (Å²) in [5.41, 5.74) is 5.73. The molecule has 24 heavy (non-hydrogen) atoms. The Morgan fingerprint density at radius 1 is 1.46 bits per heavy atom. The summed E-state index contributed by atoms with van der Waals surface area (Å²) in [6.45, 7) is -0.465. The van der Waals surface area contributed by atoms with E-state index in [1.165, 1.54) is 10.4 Å². The Labute approximate surface area is 151 Å². The topological polar surface area (TPSA) is 72.6 Å². The number of benzene rings is 1. The van der Waals surface area contributed by atoms with Gasteiger partial charge in [0.25, 0.3) is 0 Å². The fourth-order valence-corrected chi connectivity index (χ4v) is 4.92. The van der Waals surface area contributed by atoms with Gasteiger partial charge in [0.05, 0.1) is 9.92 Å². The van der Waals surface area contributed by atoms with Crippen molar-refractivity contribution < 1.29 is 21.9 Å². The molecule has 0 amide bonds. The molecule has 0 bridgehead atoms. The molecule has 1 aliphatic rings. The third kappa shape index (κ3) is 4.49. The Hall–Kier alpha value is -0.670. The van der Waals surface area contributed by atoms with Gasteiger partial charge in [-0.2, -0.15) is 13.1 Å². The summed E-state index contributed by atoms with van der Waals surface area (Å²) in [5, 5.41) is -0.180. The smallest absolute Gasteiger partial charge is 0.387 e. The predicted octanol–water partition coefficient (Wildman–Crippen LogP) is 3.11. The number of sulfonamides is 1. The van der Waals surface area contributed by atoms with E-state index < -0.39 is 16.6 Å². The highest BCUT2D eigenvalue weighted by Gasteiger charge is 2.36. The summed E-state index contributed by atoms with van der Waals surface area (Å²) < 4.78 is 55.7. The quantitative estimate of drug-likeness (QED) is 0.817. The van der Waals surface area contributed by atoms with Gasteiger partial charge in [0, 0.05) is 19.1 Å². The van der Waals surface area contributed by atoms with Gasteiger partial charge in [0.1, 0.15) is 5.75 Å². The normalized spacial score (nSPS) is 22.2. The molecular formula is C14H20Cl2F2N2O3S. The van der Waals surface area contributed by atoms with Crippen LogP contribution in [0.1, 0.15) is 19.8 Å². The van der Waals surface area contributed by atoms with Crippen molar-refractivity contribution in [3.63, 3.8) is 0 Å². The molecule has 0 aromatic heterocycles. The van der Waals surface area contributed by atoms with Crippen LogP contribution in [-0.4, -0.2) is 38.5 Å². The summed E-state index contributed by atoms with van der Waals surface area (Å²) in [6, 6.07) is 3.18. The number of rotatable bonds is 5. The molecule has 1 saturated heterocycles. The first-order chi connectivity index (χ1) is 10.8. The Bertz CT molecular complexity index is 661. The molecule has 1 aliphatic heterocycles. The van der Waals surface area contributed by atoms with E-state index in [0.29, 0.717) is 6.54 Å². The molecule has 138 valence electrons. The maximum Gasteiger partial charge on any atom is 0.387 e. The van der Waals surface area contributed by atoms with Crippen LogP contribution in [0.3, 0.4) is 0 Å². The molecule has 1 aromatic carbocycles. The van der Waals surface area contributed by atoms with Crippen LogP contribution >= 0.6 is 24.0 Å². The average molecular weight is 405 g/mol. The molecule has 1 fully saturated rings. The van der Waals surface area contributed by atoms with E-state index in [1.54, 1.807) is 0 Å². The Morgan fingerprint density at radius 2 is 2.12 bits per heavy atom. The molecule has 0 saturated carbocycles. The number of halogens is 4. The second-order valence-electron chi connectivity index (χ2n) is 5.51. The number of piperidine rings is 1. The third-order valence-electron chi connectivity index (χ3n) is 4.03. The lowest BCUT2D eigenvalue weighted by molar-refractivity contribution is -0.0498. The molecule has 2 N–H and O–H groups in total. The van der Waals surface area contributed by atoms with E-state index in [0.717, 1.165) is 25.0 Å². The first-order valence-electron chi connectivity index (χ1n) is 7.23. The van der Waals surface area contributed by atoms with Crippen LogP contribution in [0, 0.1) is 5.92 Å². The second kappa shape index (κ2) is 8.62. The lowest BCUT2D eigenvalue weighted by Gasteiger charge is -2.38. The van der Waals surface area contributed by atoms with Crippen LogP contribution in [-0.2, 0) is 10.0 Å². The van der Waals surface area contributed by atoms with E-state index in [2.05, 4.69) is 4.74 Å². The summed E-state index contributed by atoms with van der Waals surface area (Å²) in [7, 11) is -3.80. The molecule has 5 nitrogen and oxygen atoms in total. The SMILES string of the molecule is CC1CCCN(S(=O)(=O)c2ccc(OC(F)F)c(Cl)c2)C1CN.Cl. The first kappa shape index (κ1) is 21.4. The monoisotopic (exact) mass is 404 g/mol. The molecule has 1 aromatic rings. The molecule has 0 aliphatic carbocycles. The van der Waals surface area contributed by atoms with Gasteiger partial charge in [-0.25, -0.2) is 8.42 Å². The maximum absolute atomic E-state index is 12.8. The molecule has 0 spiro atoms. The number of ether oxygens (including phenoxy) is 1. The van der Waals surface area contributed by atoms with E-state index in [-0.39, 0.29) is 46.6 Å². The fourth-order valence-electron chi connectivity index (χ4n) is 2.83. The molecule has 2 rings (SSSR count). The summed E-state index contributed by atoms with van der Waals surface area (Å²) in [5.74, 6) is -0.108. The van der Waals surface area contributed by atoms with Crippen LogP contribution in [0.25, 0.3) is 0 Å². The number of nitrogens with zero attached hydrogens (tertiary/aromatic N) is 1. The van der Waals surface area contributed by atoms with E-state index in [9.17, 15) is 17.2 Å². The zero-order valence-corrected chi connectivity index (χ0v) is 15.4. The number of nitrogens with two attached hydrogens (primary N) is 1. The molecule has 2 unspecified atom stereocenters. The minimum Gasteiger partial charge on any atom is -0.433 e.